The lowest BCUT2D eigenvalue weighted by atomic mass is 10.0. The second-order valence-corrected chi connectivity index (χ2v) is 6.40. The first kappa shape index (κ1) is 17.2. The van der Waals surface area contributed by atoms with E-state index in [1.165, 1.54) is 0 Å². The molecule has 1 aliphatic rings. The van der Waals surface area contributed by atoms with E-state index in [2.05, 4.69) is 14.9 Å². The van der Waals surface area contributed by atoms with E-state index in [9.17, 15) is 4.79 Å². The van der Waals surface area contributed by atoms with Gasteiger partial charge in [-0.1, -0.05) is 12.1 Å². The van der Waals surface area contributed by atoms with E-state index in [-0.39, 0.29) is 11.9 Å². The number of amides is 1. The van der Waals surface area contributed by atoms with E-state index < -0.39 is 0 Å². The van der Waals surface area contributed by atoms with Crippen LogP contribution >= 0.6 is 0 Å². The van der Waals surface area contributed by atoms with Gasteiger partial charge in [0.15, 0.2) is 0 Å². The van der Waals surface area contributed by atoms with Crippen molar-refractivity contribution in [2.75, 3.05) is 31.6 Å². The Morgan fingerprint density at radius 2 is 1.76 bits per heavy atom. The Hall–Kier alpha value is -2.63. The van der Waals surface area contributed by atoms with Crippen molar-refractivity contribution < 1.29 is 9.53 Å². The fourth-order valence-corrected chi connectivity index (χ4v) is 3.30. The zero-order valence-corrected chi connectivity index (χ0v) is 15.2. The zero-order valence-electron chi connectivity index (χ0n) is 15.2. The van der Waals surface area contributed by atoms with Crippen LogP contribution in [0.2, 0.25) is 0 Å². The molecular weight excluding hydrogens is 316 g/mol. The molecule has 1 aromatic carbocycles. The molecule has 2 aromatic rings. The SMILES string of the molecule is COc1ccc([C@H]2CN(c3nc(C)cc(C)n3)CCN2C(C)=O)cc1. The van der Waals surface area contributed by atoms with Crippen LogP contribution in [0.4, 0.5) is 5.95 Å². The van der Waals surface area contributed by atoms with Gasteiger partial charge in [-0.3, -0.25) is 4.79 Å². The molecule has 6 nitrogen and oxygen atoms in total. The number of hydrogen-bond acceptors (Lipinski definition) is 5. The molecule has 1 saturated heterocycles. The number of rotatable bonds is 3. The number of carbonyl (C=O) groups is 1. The molecule has 6 heteroatoms. The molecule has 0 aliphatic carbocycles. The summed E-state index contributed by atoms with van der Waals surface area (Å²) in [5.74, 6) is 1.63. The summed E-state index contributed by atoms with van der Waals surface area (Å²) in [6.07, 6.45) is 0. The van der Waals surface area contributed by atoms with Crippen molar-refractivity contribution in [3.05, 3.63) is 47.3 Å². The molecule has 0 N–H and O–H groups in total. The molecule has 0 bridgehead atoms. The number of benzene rings is 1. The van der Waals surface area contributed by atoms with Crippen LogP contribution in [0, 0.1) is 13.8 Å². The maximum Gasteiger partial charge on any atom is 0.225 e. The minimum Gasteiger partial charge on any atom is -0.497 e. The highest BCUT2D eigenvalue weighted by atomic mass is 16.5. The second-order valence-electron chi connectivity index (χ2n) is 6.40. The van der Waals surface area contributed by atoms with Crippen LogP contribution in [0.25, 0.3) is 0 Å². The number of aromatic nitrogens is 2. The summed E-state index contributed by atoms with van der Waals surface area (Å²) in [6, 6.07) is 9.84. The van der Waals surface area contributed by atoms with E-state index in [1.54, 1.807) is 14.0 Å². The van der Waals surface area contributed by atoms with E-state index in [4.69, 9.17) is 4.74 Å². The third kappa shape index (κ3) is 3.73. The first-order valence-corrected chi connectivity index (χ1v) is 8.46. The van der Waals surface area contributed by atoms with E-state index in [0.717, 1.165) is 35.2 Å². The molecule has 0 unspecified atom stereocenters. The molecule has 1 aromatic heterocycles. The van der Waals surface area contributed by atoms with Gasteiger partial charge in [0.2, 0.25) is 11.9 Å². The predicted octanol–water partition coefficient (Wildman–Crippen LogP) is 2.51. The Morgan fingerprint density at radius 3 is 2.32 bits per heavy atom. The first-order chi connectivity index (χ1) is 12.0. The van der Waals surface area contributed by atoms with Crippen LogP contribution in [0.15, 0.2) is 30.3 Å². The summed E-state index contributed by atoms with van der Waals surface area (Å²) in [7, 11) is 1.65. The molecule has 1 aliphatic heterocycles. The topological polar surface area (TPSA) is 58.6 Å². The van der Waals surface area contributed by atoms with Gasteiger partial charge in [0, 0.05) is 37.9 Å². The molecule has 132 valence electrons. The van der Waals surface area contributed by atoms with E-state index >= 15 is 0 Å². The molecule has 25 heavy (non-hydrogen) atoms. The van der Waals surface area contributed by atoms with Crippen molar-refractivity contribution in [1.82, 2.24) is 14.9 Å². The molecule has 0 spiro atoms. The maximum absolute atomic E-state index is 12.1. The van der Waals surface area contributed by atoms with Crippen molar-refractivity contribution in [3.8, 4) is 5.75 Å². The van der Waals surface area contributed by atoms with Crippen LogP contribution in [0.5, 0.6) is 5.75 Å². The molecule has 1 fully saturated rings. The van der Waals surface area contributed by atoms with Crippen LogP contribution in [-0.4, -0.2) is 47.5 Å². The lowest BCUT2D eigenvalue weighted by Crippen LogP contribution is -2.50. The van der Waals surface area contributed by atoms with Gasteiger partial charge in [-0.25, -0.2) is 9.97 Å². The monoisotopic (exact) mass is 340 g/mol. The zero-order chi connectivity index (χ0) is 18.0. The van der Waals surface area contributed by atoms with E-state index in [1.807, 2.05) is 49.1 Å². The van der Waals surface area contributed by atoms with Gasteiger partial charge >= 0.3 is 0 Å². The molecule has 1 amide bonds. The third-order valence-corrected chi connectivity index (χ3v) is 4.54. The van der Waals surface area contributed by atoms with Gasteiger partial charge in [-0.05, 0) is 37.6 Å². The summed E-state index contributed by atoms with van der Waals surface area (Å²) in [4.78, 5) is 25.3. The summed E-state index contributed by atoms with van der Waals surface area (Å²) in [5, 5.41) is 0. The molecule has 3 rings (SSSR count). The maximum atomic E-state index is 12.1. The Morgan fingerprint density at radius 1 is 1.12 bits per heavy atom. The van der Waals surface area contributed by atoms with Crippen LogP contribution in [0.1, 0.15) is 29.9 Å². The fraction of sp³-hybridized carbons (Fsp3) is 0.421. The van der Waals surface area contributed by atoms with Gasteiger partial charge in [0.05, 0.1) is 13.2 Å². The minimum atomic E-state index is -0.0263. The van der Waals surface area contributed by atoms with Crippen molar-refractivity contribution >= 4 is 11.9 Å². The molecule has 2 heterocycles. The van der Waals surface area contributed by atoms with Crippen molar-refractivity contribution in [1.29, 1.82) is 0 Å². The normalized spacial score (nSPS) is 17.5. The number of carbonyl (C=O) groups excluding carboxylic acids is 1. The quantitative estimate of drug-likeness (QED) is 0.859. The Balaban J connectivity index is 1.90. The standard InChI is InChI=1S/C19H24N4O2/c1-13-11-14(2)21-19(20-13)22-9-10-23(15(3)24)18(12-22)16-5-7-17(25-4)8-6-16/h5-8,11,18H,9-10,12H2,1-4H3/t18-/m1/s1. The highest BCUT2D eigenvalue weighted by Gasteiger charge is 2.31. The van der Waals surface area contributed by atoms with Crippen molar-refractivity contribution in [3.63, 3.8) is 0 Å². The Labute approximate surface area is 148 Å². The van der Waals surface area contributed by atoms with Crippen LogP contribution < -0.4 is 9.64 Å². The first-order valence-electron chi connectivity index (χ1n) is 8.46. The van der Waals surface area contributed by atoms with Crippen LogP contribution in [-0.2, 0) is 4.79 Å². The third-order valence-electron chi connectivity index (χ3n) is 4.54. The average molecular weight is 340 g/mol. The summed E-state index contributed by atoms with van der Waals surface area (Å²) >= 11 is 0. The van der Waals surface area contributed by atoms with E-state index in [0.29, 0.717) is 13.1 Å². The van der Waals surface area contributed by atoms with Crippen molar-refractivity contribution in [2.24, 2.45) is 0 Å². The predicted molar refractivity (Wildman–Crippen MR) is 96.8 cm³/mol. The number of piperazine rings is 1. The molecule has 0 radical (unpaired) electrons. The van der Waals surface area contributed by atoms with Crippen LogP contribution in [0.3, 0.4) is 0 Å². The number of anilines is 1. The molecular formula is C19H24N4O2. The van der Waals surface area contributed by atoms with Gasteiger partial charge in [-0.15, -0.1) is 0 Å². The lowest BCUT2D eigenvalue weighted by Gasteiger charge is -2.41. The second kappa shape index (κ2) is 7.09. The van der Waals surface area contributed by atoms with Gasteiger partial charge in [0.1, 0.15) is 5.75 Å². The minimum absolute atomic E-state index is 0.0263. The number of hydrogen-bond donors (Lipinski definition) is 0. The summed E-state index contributed by atoms with van der Waals surface area (Å²) in [5.41, 5.74) is 3.00. The average Bonchev–Trinajstić information content (AvgIpc) is 2.60. The Kier molecular flexibility index (Phi) is 4.88. The number of methoxy groups -OCH3 is 1. The Bertz CT molecular complexity index is 740. The summed E-state index contributed by atoms with van der Waals surface area (Å²) < 4.78 is 5.24. The smallest absolute Gasteiger partial charge is 0.225 e. The fourth-order valence-electron chi connectivity index (χ4n) is 3.30. The lowest BCUT2D eigenvalue weighted by molar-refractivity contribution is -0.131. The summed E-state index contributed by atoms with van der Waals surface area (Å²) in [6.45, 7) is 7.64. The van der Waals surface area contributed by atoms with Gasteiger partial charge < -0.3 is 14.5 Å². The number of ether oxygens (including phenoxy) is 1. The number of aryl methyl sites for hydroxylation is 2. The molecule has 0 saturated carbocycles. The largest absolute Gasteiger partial charge is 0.497 e. The highest BCUT2D eigenvalue weighted by molar-refractivity contribution is 5.74. The van der Waals surface area contributed by atoms with Crippen molar-refractivity contribution in [2.45, 2.75) is 26.8 Å². The van der Waals surface area contributed by atoms with Gasteiger partial charge in [-0.2, -0.15) is 0 Å². The highest BCUT2D eigenvalue weighted by Crippen LogP contribution is 2.28. The number of nitrogens with zero attached hydrogens (tertiary/aromatic N) is 4. The molecule has 1 atom stereocenters. The van der Waals surface area contributed by atoms with Gasteiger partial charge in [0.25, 0.3) is 0 Å².